The minimum absolute atomic E-state index is 0.112. The van der Waals surface area contributed by atoms with Gasteiger partial charge in [0.05, 0.1) is 20.6 Å². The van der Waals surface area contributed by atoms with E-state index in [1.165, 1.54) is 12.1 Å². The number of esters is 1. The normalized spacial score (nSPS) is 17.0. The first-order valence-electron chi connectivity index (χ1n) is 9.19. The Bertz CT molecular complexity index is 1060. The van der Waals surface area contributed by atoms with Crippen LogP contribution in [0.2, 0.25) is 10.0 Å². The van der Waals surface area contributed by atoms with Crippen LogP contribution in [0.5, 0.6) is 0 Å². The quantitative estimate of drug-likeness (QED) is 0.650. The second-order valence-electron chi connectivity index (χ2n) is 6.84. The van der Waals surface area contributed by atoms with Crippen LogP contribution in [0.15, 0.2) is 47.4 Å². The second kappa shape index (κ2) is 9.34. The van der Waals surface area contributed by atoms with E-state index in [0.717, 1.165) is 9.87 Å². The molecule has 2 aromatic rings. The van der Waals surface area contributed by atoms with Gasteiger partial charge in [0.25, 0.3) is 5.91 Å². The van der Waals surface area contributed by atoms with Gasteiger partial charge in [0.1, 0.15) is 6.04 Å². The molecule has 1 atom stereocenters. The zero-order valence-corrected chi connectivity index (χ0v) is 18.4. The number of anilines is 1. The standard InChI is InChI=1S/C20H20Cl2N2O5S/c1-13-7-9-14(10-8-13)30(27,28)24-11-3-6-17(24)20(26)29-12-18(25)23-16-5-2-4-15(21)19(16)22/h2,4-5,7-10,17H,3,6,11-12H2,1H3,(H,23,25). The SMILES string of the molecule is Cc1ccc(S(=O)(=O)N2CCCC2C(=O)OCC(=O)Nc2cccc(Cl)c2Cl)cc1. The molecule has 1 amide bonds. The molecular weight excluding hydrogens is 451 g/mol. The molecule has 1 saturated heterocycles. The molecule has 1 aliphatic rings. The van der Waals surface area contributed by atoms with E-state index in [0.29, 0.717) is 12.8 Å². The van der Waals surface area contributed by atoms with Crippen molar-refractivity contribution in [2.45, 2.75) is 30.7 Å². The number of nitrogens with zero attached hydrogens (tertiary/aromatic N) is 1. The molecule has 0 spiro atoms. The first-order valence-corrected chi connectivity index (χ1v) is 11.4. The molecule has 0 aliphatic carbocycles. The Morgan fingerprint density at radius 3 is 2.57 bits per heavy atom. The number of amides is 1. The molecule has 10 heteroatoms. The van der Waals surface area contributed by atoms with Crippen LogP contribution in [0.1, 0.15) is 18.4 Å². The summed E-state index contributed by atoms with van der Waals surface area (Å²) in [5.74, 6) is -1.38. The zero-order valence-electron chi connectivity index (χ0n) is 16.1. The summed E-state index contributed by atoms with van der Waals surface area (Å²) in [6.07, 6.45) is 0.848. The van der Waals surface area contributed by atoms with Gasteiger partial charge < -0.3 is 10.1 Å². The van der Waals surface area contributed by atoms with Gasteiger partial charge in [-0.3, -0.25) is 9.59 Å². The fraction of sp³-hybridized carbons (Fsp3) is 0.300. The maximum Gasteiger partial charge on any atom is 0.324 e. The lowest BCUT2D eigenvalue weighted by molar-refractivity contribution is -0.150. The van der Waals surface area contributed by atoms with Gasteiger partial charge in [-0.1, -0.05) is 47.0 Å². The van der Waals surface area contributed by atoms with E-state index in [1.54, 1.807) is 30.3 Å². The molecule has 1 fully saturated rings. The number of nitrogens with one attached hydrogen (secondary N) is 1. The maximum absolute atomic E-state index is 12.9. The topological polar surface area (TPSA) is 92.8 Å². The van der Waals surface area contributed by atoms with Crippen molar-refractivity contribution in [1.82, 2.24) is 4.31 Å². The van der Waals surface area contributed by atoms with Crippen molar-refractivity contribution < 1.29 is 22.7 Å². The van der Waals surface area contributed by atoms with Gasteiger partial charge in [-0.15, -0.1) is 0 Å². The highest BCUT2D eigenvalue weighted by Crippen LogP contribution is 2.30. The van der Waals surface area contributed by atoms with E-state index in [4.69, 9.17) is 27.9 Å². The number of halogens is 2. The molecular formula is C20H20Cl2N2O5S. The summed E-state index contributed by atoms with van der Waals surface area (Å²) in [6, 6.07) is 10.2. The smallest absolute Gasteiger partial charge is 0.324 e. The number of rotatable bonds is 6. The molecule has 0 bridgehead atoms. The Morgan fingerprint density at radius 2 is 1.87 bits per heavy atom. The molecule has 1 heterocycles. The average Bonchev–Trinajstić information content (AvgIpc) is 3.21. The first-order chi connectivity index (χ1) is 14.2. The van der Waals surface area contributed by atoms with Gasteiger partial charge >= 0.3 is 5.97 Å². The number of carbonyl (C=O) groups is 2. The summed E-state index contributed by atoms with van der Waals surface area (Å²) in [7, 11) is -3.85. The molecule has 1 unspecified atom stereocenters. The van der Waals surface area contributed by atoms with E-state index in [2.05, 4.69) is 5.32 Å². The largest absolute Gasteiger partial charge is 0.454 e. The summed E-state index contributed by atoms with van der Waals surface area (Å²) in [5, 5.41) is 2.95. The van der Waals surface area contributed by atoms with Gasteiger partial charge in [-0.25, -0.2) is 8.42 Å². The van der Waals surface area contributed by atoms with Crippen molar-refractivity contribution in [3.8, 4) is 0 Å². The molecule has 160 valence electrons. The summed E-state index contributed by atoms with van der Waals surface area (Å²) in [5.41, 5.74) is 1.21. The van der Waals surface area contributed by atoms with Crippen molar-refractivity contribution in [3.05, 3.63) is 58.1 Å². The lowest BCUT2D eigenvalue weighted by Crippen LogP contribution is -2.42. The Morgan fingerprint density at radius 1 is 1.17 bits per heavy atom. The number of hydrogen-bond acceptors (Lipinski definition) is 5. The summed E-state index contributed by atoms with van der Waals surface area (Å²) < 4.78 is 32.1. The number of sulfonamides is 1. The number of benzene rings is 2. The van der Waals surface area contributed by atoms with Crippen LogP contribution in [0.4, 0.5) is 5.69 Å². The average molecular weight is 471 g/mol. The van der Waals surface area contributed by atoms with Crippen LogP contribution in [-0.2, 0) is 24.3 Å². The van der Waals surface area contributed by atoms with Crippen molar-refractivity contribution in [1.29, 1.82) is 0 Å². The maximum atomic E-state index is 12.9. The minimum Gasteiger partial charge on any atom is -0.454 e. The Balaban J connectivity index is 1.63. The highest BCUT2D eigenvalue weighted by atomic mass is 35.5. The first kappa shape index (κ1) is 22.6. The third kappa shape index (κ3) is 4.95. The number of aryl methyl sites for hydroxylation is 1. The fourth-order valence-electron chi connectivity index (χ4n) is 3.13. The minimum atomic E-state index is -3.85. The van der Waals surface area contributed by atoms with Crippen molar-refractivity contribution in [2.24, 2.45) is 0 Å². The molecule has 2 aromatic carbocycles. The number of ether oxygens (including phenoxy) is 1. The van der Waals surface area contributed by atoms with Crippen molar-refractivity contribution in [3.63, 3.8) is 0 Å². The fourth-order valence-corrected chi connectivity index (χ4v) is 5.12. The van der Waals surface area contributed by atoms with Crippen molar-refractivity contribution in [2.75, 3.05) is 18.5 Å². The van der Waals surface area contributed by atoms with Crippen LogP contribution in [0.25, 0.3) is 0 Å². The molecule has 7 nitrogen and oxygen atoms in total. The van der Waals surface area contributed by atoms with Gasteiger partial charge in [0.15, 0.2) is 6.61 Å². The molecule has 3 rings (SSSR count). The predicted octanol–water partition coefficient (Wildman–Crippen LogP) is 3.64. The monoisotopic (exact) mass is 470 g/mol. The van der Waals surface area contributed by atoms with Gasteiger partial charge in [-0.05, 0) is 44.0 Å². The van der Waals surface area contributed by atoms with Crippen LogP contribution in [0.3, 0.4) is 0 Å². The Hall–Kier alpha value is -2.13. The van der Waals surface area contributed by atoms with E-state index >= 15 is 0 Å². The number of carbonyl (C=O) groups excluding carboxylic acids is 2. The third-order valence-corrected chi connectivity index (χ3v) is 7.42. The Labute approximate surface area is 185 Å². The van der Waals surface area contributed by atoms with Crippen LogP contribution < -0.4 is 5.32 Å². The molecule has 1 N–H and O–H groups in total. The molecule has 0 saturated carbocycles. The van der Waals surface area contributed by atoms with E-state index < -0.39 is 34.5 Å². The highest BCUT2D eigenvalue weighted by Gasteiger charge is 2.40. The predicted molar refractivity (Wildman–Crippen MR) is 114 cm³/mol. The second-order valence-corrected chi connectivity index (χ2v) is 9.52. The highest BCUT2D eigenvalue weighted by molar-refractivity contribution is 7.89. The van der Waals surface area contributed by atoms with Gasteiger partial charge in [-0.2, -0.15) is 4.31 Å². The van der Waals surface area contributed by atoms with Crippen molar-refractivity contribution >= 4 is 50.8 Å². The molecule has 0 aromatic heterocycles. The third-order valence-electron chi connectivity index (χ3n) is 4.67. The summed E-state index contributed by atoms with van der Waals surface area (Å²) in [6.45, 7) is 1.49. The van der Waals surface area contributed by atoms with Crippen LogP contribution in [0, 0.1) is 6.92 Å². The van der Waals surface area contributed by atoms with Crippen LogP contribution in [-0.4, -0.2) is 43.8 Å². The molecule has 1 aliphatic heterocycles. The number of hydrogen-bond donors (Lipinski definition) is 1. The van der Waals surface area contributed by atoms with E-state index in [1.807, 2.05) is 6.92 Å². The van der Waals surface area contributed by atoms with Crippen LogP contribution >= 0.6 is 23.2 Å². The lowest BCUT2D eigenvalue weighted by atomic mass is 10.2. The zero-order chi connectivity index (χ0) is 21.9. The van der Waals surface area contributed by atoms with E-state index in [9.17, 15) is 18.0 Å². The summed E-state index contributed by atoms with van der Waals surface area (Å²) >= 11 is 11.9. The lowest BCUT2D eigenvalue weighted by Gasteiger charge is -2.22. The Kier molecular flexibility index (Phi) is 7.02. The van der Waals surface area contributed by atoms with E-state index in [-0.39, 0.29) is 27.2 Å². The van der Waals surface area contributed by atoms with Gasteiger partial charge in [0, 0.05) is 6.54 Å². The van der Waals surface area contributed by atoms with Gasteiger partial charge in [0.2, 0.25) is 10.0 Å². The molecule has 0 radical (unpaired) electrons. The summed E-state index contributed by atoms with van der Waals surface area (Å²) in [4.78, 5) is 24.7. The molecule has 30 heavy (non-hydrogen) atoms.